The summed E-state index contributed by atoms with van der Waals surface area (Å²) in [5, 5.41) is 19.2. The summed E-state index contributed by atoms with van der Waals surface area (Å²) in [6, 6.07) is 0. The molecule has 0 saturated carbocycles. The van der Waals surface area contributed by atoms with Gasteiger partial charge in [-0.25, -0.2) is 4.79 Å². The molecule has 0 heterocycles. The zero-order valence-corrected chi connectivity index (χ0v) is 10.9. The summed E-state index contributed by atoms with van der Waals surface area (Å²) >= 11 is 0. The Morgan fingerprint density at radius 3 is 2.42 bits per heavy atom. The van der Waals surface area contributed by atoms with Gasteiger partial charge >= 0.3 is 11.9 Å². The Morgan fingerprint density at radius 1 is 1.37 bits per heavy atom. The van der Waals surface area contributed by atoms with E-state index >= 15 is 0 Å². The number of hydrogen-bond donors (Lipinski definition) is 1. The molecule has 0 aliphatic rings. The van der Waals surface area contributed by atoms with Crippen LogP contribution in [-0.4, -0.2) is 28.5 Å². The van der Waals surface area contributed by atoms with E-state index < -0.39 is 23.4 Å². The second kappa shape index (κ2) is 8.84. The maximum atomic E-state index is 11.4. The van der Waals surface area contributed by atoms with E-state index in [-0.39, 0.29) is 24.2 Å². The lowest BCUT2D eigenvalue weighted by molar-refractivity contribution is -0.468. The van der Waals surface area contributed by atoms with Gasteiger partial charge in [-0.05, 0) is 25.0 Å². The van der Waals surface area contributed by atoms with Gasteiger partial charge in [-0.2, -0.15) is 0 Å². The Kier molecular flexibility index (Phi) is 7.83. The summed E-state index contributed by atoms with van der Waals surface area (Å²) in [5.74, 6) is -1.92. The molecule has 0 atom stereocenters. The van der Waals surface area contributed by atoms with Crippen LogP contribution >= 0.6 is 0 Å². The standard InChI is InChI=1S/C12H17NO6/c1-3-6-11(14)19-10(7-5-8-13(17)18)9(4-2)12(15)16/h5,7H,3-4,6,8H2,1-2H3,(H,15,16)/b7-5-,10-9-. The van der Waals surface area contributed by atoms with Gasteiger partial charge in [-0.1, -0.05) is 13.8 Å². The van der Waals surface area contributed by atoms with Gasteiger partial charge < -0.3 is 9.84 Å². The van der Waals surface area contributed by atoms with Crippen molar-refractivity contribution in [1.82, 2.24) is 0 Å². The number of carboxylic acids is 1. The molecule has 0 rings (SSSR count). The van der Waals surface area contributed by atoms with Gasteiger partial charge in [0.1, 0.15) is 5.76 Å². The van der Waals surface area contributed by atoms with E-state index in [1.54, 1.807) is 13.8 Å². The molecule has 0 aliphatic heterocycles. The number of carboxylic acid groups (broad SMARTS) is 1. The van der Waals surface area contributed by atoms with Gasteiger partial charge in [-0.3, -0.25) is 14.9 Å². The summed E-state index contributed by atoms with van der Waals surface area (Å²) in [6.45, 7) is 2.91. The second-order valence-corrected chi connectivity index (χ2v) is 3.64. The lowest BCUT2D eigenvalue weighted by Gasteiger charge is -2.08. The quantitative estimate of drug-likeness (QED) is 0.180. The van der Waals surface area contributed by atoms with Crippen molar-refractivity contribution in [3.8, 4) is 0 Å². The first-order valence-electron chi connectivity index (χ1n) is 5.87. The van der Waals surface area contributed by atoms with E-state index in [4.69, 9.17) is 9.84 Å². The lowest BCUT2D eigenvalue weighted by atomic mass is 10.1. The van der Waals surface area contributed by atoms with Gasteiger partial charge in [0.2, 0.25) is 6.54 Å². The highest BCUT2D eigenvalue weighted by Crippen LogP contribution is 2.14. The van der Waals surface area contributed by atoms with Gasteiger partial charge in [-0.15, -0.1) is 0 Å². The number of aliphatic carboxylic acids is 1. The van der Waals surface area contributed by atoms with Crippen molar-refractivity contribution in [3.63, 3.8) is 0 Å². The fraction of sp³-hybridized carbons (Fsp3) is 0.500. The van der Waals surface area contributed by atoms with Crippen LogP contribution in [0.25, 0.3) is 0 Å². The molecule has 0 aromatic rings. The van der Waals surface area contributed by atoms with E-state index in [0.29, 0.717) is 6.42 Å². The van der Waals surface area contributed by atoms with E-state index in [2.05, 4.69) is 0 Å². The summed E-state index contributed by atoms with van der Waals surface area (Å²) in [6.07, 6.45) is 3.17. The van der Waals surface area contributed by atoms with E-state index in [9.17, 15) is 19.7 Å². The molecule has 106 valence electrons. The number of carbonyl (C=O) groups excluding carboxylic acids is 1. The minimum absolute atomic E-state index is 0.0935. The van der Waals surface area contributed by atoms with Gasteiger partial charge in [0, 0.05) is 11.3 Å². The number of carbonyl (C=O) groups is 2. The number of nitrogens with zero attached hydrogens (tertiary/aromatic N) is 1. The Labute approximate surface area is 110 Å². The van der Waals surface area contributed by atoms with Crippen LogP contribution in [0.15, 0.2) is 23.5 Å². The molecule has 0 radical (unpaired) electrons. The highest BCUT2D eigenvalue weighted by molar-refractivity contribution is 5.88. The lowest BCUT2D eigenvalue weighted by Crippen LogP contribution is -2.10. The second-order valence-electron chi connectivity index (χ2n) is 3.64. The first-order valence-corrected chi connectivity index (χ1v) is 5.87. The summed E-state index contributed by atoms with van der Waals surface area (Å²) in [7, 11) is 0. The van der Waals surface area contributed by atoms with Crippen LogP contribution in [0, 0.1) is 10.1 Å². The van der Waals surface area contributed by atoms with Crippen LogP contribution in [0.1, 0.15) is 33.1 Å². The van der Waals surface area contributed by atoms with Gasteiger partial charge in [0.25, 0.3) is 0 Å². The van der Waals surface area contributed by atoms with Crippen molar-refractivity contribution in [2.75, 3.05) is 6.54 Å². The SMILES string of the molecule is CCCC(=O)OC(/C=C\C[N+](=O)[O-])=C(/CC)C(=O)O. The smallest absolute Gasteiger partial charge is 0.335 e. The molecule has 0 bridgehead atoms. The molecule has 19 heavy (non-hydrogen) atoms. The van der Waals surface area contributed by atoms with Crippen LogP contribution in [0.2, 0.25) is 0 Å². The molecule has 0 spiro atoms. The van der Waals surface area contributed by atoms with Crippen LogP contribution in [-0.2, 0) is 14.3 Å². The monoisotopic (exact) mass is 271 g/mol. The van der Waals surface area contributed by atoms with Gasteiger partial charge in [0.05, 0.1) is 5.57 Å². The van der Waals surface area contributed by atoms with Crippen LogP contribution in [0.4, 0.5) is 0 Å². The third-order valence-electron chi connectivity index (χ3n) is 2.11. The molecular formula is C12H17NO6. The number of rotatable bonds is 8. The van der Waals surface area contributed by atoms with Crippen molar-refractivity contribution in [2.24, 2.45) is 0 Å². The number of ether oxygens (including phenoxy) is 1. The molecule has 0 aromatic carbocycles. The third-order valence-corrected chi connectivity index (χ3v) is 2.11. The van der Waals surface area contributed by atoms with Crippen molar-refractivity contribution in [2.45, 2.75) is 33.1 Å². The number of hydrogen-bond acceptors (Lipinski definition) is 5. The normalized spacial score (nSPS) is 12.1. The largest absolute Gasteiger partial charge is 0.478 e. The predicted molar refractivity (Wildman–Crippen MR) is 67.0 cm³/mol. The number of allylic oxidation sites excluding steroid dienone is 1. The van der Waals surface area contributed by atoms with Crippen LogP contribution in [0.5, 0.6) is 0 Å². The zero-order valence-electron chi connectivity index (χ0n) is 10.9. The van der Waals surface area contributed by atoms with Crippen LogP contribution < -0.4 is 0 Å². The Bertz CT molecular complexity index is 410. The van der Waals surface area contributed by atoms with E-state index in [1.807, 2.05) is 0 Å². The molecule has 0 amide bonds. The Morgan fingerprint density at radius 2 is 2.00 bits per heavy atom. The molecule has 0 fully saturated rings. The molecule has 1 N–H and O–H groups in total. The van der Waals surface area contributed by atoms with E-state index in [0.717, 1.165) is 12.2 Å². The summed E-state index contributed by atoms with van der Waals surface area (Å²) in [5.41, 5.74) is -0.0935. The molecule has 0 saturated heterocycles. The predicted octanol–water partition coefficient (Wildman–Crippen LogP) is 1.91. The van der Waals surface area contributed by atoms with Crippen molar-refractivity contribution in [3.05, 3.63) is 33.6 Å². The number of nitro groups is 1. The average molecular weight is 271 g/mol. The average Bonchev–Trinajstić information content (AvgIpc) is 2.28. The van der Waals surface area contributed by atoms with Crippen molar-refractivity contribution in [1.29, 1.82) is 0 Å². The molecule has 0 aromatic heterocycles. The summed E-state index contributed by atoms with van der Waals surface area (Å²) < 4.78 is 4.94. The van der Waals surface area contributed by atoms with Gasteiger partial charge in [0.15, 0.2) is 0 Å². The third kappa shape index (κ3) is 6.97. The van der Waals surface area contributed by atoms with Crippen molar-refractivity contribution >= 4 is 11.9 Å². The minimum atomic E-state index is -1.22. The Hall–Kier alpha value is -2.18. The maximum Gasteiger partial charge on any atom is 0.335 e. The molecule has 0 unspecified atom stereocenters. The first kappa shape index (κ1) is 16.8. The fourth-order valence-corrected chi connectivity index (χ4v) is 1.25. The number of esters is 1. The molecule has 7 nitrogen and oxygen atoms in total. The minimum Gasteiger partial charge on any atom is -0.478 e. The molecule has 0 aliphatic carbocycles. The topological polar surface area (TPSA) is 107 Å². The highest BCUT2D eigenvalue weighted by atomic mass is 16.6. The fourth-order valence-electron chi connectivity index (χ4n) is 1.25. The van der Waals surface area contributed by atoms with Crippen LogP contribution in [0.3, 0.4) is 0 Å². The highest BCUT2D eigenvalue weighted by Gasteiger charge is 2.15. The maximum absolute atomic E-state index is 11.4. The van der Waals surface area contributed by atoms with E-state index in [1.165, 1.54) is 0 Å². The zero-order chi connectivity index (χ0) is 14.8. The summed E-state index contributed by atoms with van der Waals surface area (Å²) in [4.78, 5) is 32.0. The molecular weight excluding hydrogens is 254 g/mol. The first-order chi connectivity index (χ1) is 8.92. The molecule has 7 heteroatoms. The van der Waals surface area contributed by atoms with Crippen molar-refractivity contribution < 1.29 is 24.4 Å². The Balaban J connectivity index is 5.12.